The zero-order valence-electron chi connectivity index (χ0n) is 26.5. The number of rotatable bonds is 14. The molecule has 2 aromatic carbocycles. The number of amides is 2. The Morgan fingerprint density at radius 1 is 0.886 bits per heavy atom. The van der Waals surface area contributed by atoms with Crippen molar-refractivity contribution < 1.29 is 50.7 Å². The number of carbonyl (C=O) groups is 2. The SMILES string of the molecule is CCOP(=O)(OCC)C(C[C@]1(c2ccc(F)cc2)C(=O)N(C(=O)OC(C)(C)C)c2ccc(OC)cc21)P(=O)(OCC)OCC. The van der Waals surface area contributed by atoms with E-state index in [4.69, 9.17) is 27.6 Å². The molecule has 1 aliphatic heterocycles. The molecule has 2 amide bonds. The van der Waals surface area contributed by atoms with Gasteiger partial charge in [-0.1, -0.05) is 12.1 Å². The highest BCUT2D eigenvalue weighted by atomic mass is 31.2. The summed E-state index contributed by atoms with van der Waals surface area (Å²) in [7, 11) is -7.32. The monoisotopic (exact) mass is 657 g/mol. The molecule has 0 spiro atoms. The van der Waals surface area contributed by atoms with Crippen molar-refractivity contribution in [3.8, 4) is 5.75 Å². The number of ether oxygens (including phenoxy) is 2. The van der Waals surface area contributed by atoms with Crippen LogP contribution in [-0.2, 0) is 42.2 Å². The molecule has 0 unspecified atom stereocenters. The molecule has 3 rings (SSSR count). The topological polar surface area (TPSA) is 127 Å². The zero-order chi connectivity index (χ0) is 32.9. The second kappa shape index (κ2) is 14.2. The van der Waals surface area contributed by atoms with Gasteiger partial charge in [0.15, 0.2) is 5.40 Å². The van der Waals surface area contributed by atoms with Crippen molar-refractivity contribution >= 4 is 32.9 Å². The highest BCUT2D eigenvalue weighted by Crippen LogP contribution is 2.73. The summed E-state index contributed by atoms with van der Waals surface area (Å²) in [6, 6.07) is 9.71. The van der Waals surface area contributed by atoms with Crippen LogP contribution in [0, 0.1) is 5.82 Å². The number of benzene rings is 2. The number of hydrogen-bond donors (Lipinski definition) is 0. The lowest BCUT2D eigenvalue weighted by molar-refractivity contribution is -0.121. The third kappa shape index (κ3) is 7.11. The Kier molecular flexibility index (Phi) is 11.6. The van der Waals surface area contributed by atoms with Crippen LogP contribution < -0.4 is 9.64 Å². The van der Waals surface area contributed by atoms with Gasteiger partial charge in [0.25, 0.3) is 5.91 Å². The van der Waals surface area contributed by atoms with E-state index < -0.39 is 55.8 Å². The molecule has 0 radical (unpaired) electrons. The van der Waals surface area contributed by atoms with Crippen molar-refractivity contribution in [2.45, 2.75) is 71.3 Å². The molecule has 2 aromatic rings. The lowest BCUT2D eigenvalue weighted by atomic mass is 9.73. The molecule has 14 heteroatoms. The molecule has 1 heterocycles. The first-order valence-electron chi connectivity index (χ1n) is 14.5. The van der Waals surface area contributed by atoms with Crippen molar-refractivity contribution in [3.63, 3.8) is 0 Å². The van der Waals surface area contributed by atoms with Gasteiger partial charge in [-0.25, -0.2) is 14.1 Å². The Bertz CT molecular complexity index is 1380. The second-order valence-electron chi connectivity index (χ2n) is 10.9. The molecule has 0 aliphatic carbocycles. The molecular weight excluding hydrogens is 615 g/mol. The average molecular weight is 658 g/mol. The summed E-state index contributed by atoms with van der Waals surface area (Å²) < 4.78 is 77.3. The fourth-order valence-electron chi connectivity index (χ4n) is 5.22. The third-order valence-corrected chi connectivity index (χ3v) is 12.8. The summed E-state index contributed by atoms with van der Waals surface area (Å²) in [5.41, 5.74) is -2.27. The molecule has 1 atom stereocenters. The molecule has 11 nitrogen and oxygen atoms in total. The first kappa shape index (κ1) is 35.9. The number of hydrogen-bond acceptors (Lipinski definition) is 10. The highest BCUT2D eigenvalue weighted by molar-refractivity contribution is 7.72. The Morgan fingerprint density at radius 3 is 1.82 bits per heavy atom. The molecule has 0 saturated carbocycles. The van der Waals surface area contributed by atoms with Gasteiger partial charge in [-0.05, 0) is 90.8 Å². The van der Waals surface area contributed by atoms with Crippen molar-refractivity contribution in [2.75, 3.05) is 38.4 Å². The van der Waals surface area contributed by atoms with Gasteiger partial charge in [0.1, 0.15) is 22.6 Å². The quantitative estimate of drug-likeness (QED) is 0.187. The van der Waals surface area contributed by atoms with Crippen molar-refractivity contribution in [1.82, 2.24) is 0 Å². The number of nitrogens with zero attached hydrogens (tertiary/aromatic N) is 1. The van der Waals surface area contributed by atoms with Crippen LogP contribution in [0.15, 0.2) is 42.5 Å². The fourth-order valence-corrected chi connectivity index (χ4v) is 10.7. The van der Waals surface area contributed by atoms with Gasteiger partial charge in [-0.15, -0.1) is 0 Å². The maximum absolute atomic E-state index is 14.9. The third-order valence-electron chi connectivity index (χ3n) is 6.84. The molecular formula is C30H42FNO10P2. The molecule has 1 aliphatic rings. The number of imide groups is 1. The van der Waals surface area contributed by atoms with E-state index in [2.05, 4.69) is 0 Å². The summed E-state index contributed by atoms with van der Waals surface area (Å²) in [4.78, 5) is 29.4. The van der Waals surface area contributed by atoms with Crippen molar-refractivity contribution in [2.24, 2.45) is 0 Å². The van der Waals surface area contributed by atoms with Crippen LogP contribution in [-0.4, -0.2) is 56.5 Å². The lowest BCUT2D eigenvalue weighted by Crippen LogP contribution is -2.47. The van der Waals surface area contributed by atoms with Crippen LogP contribution >= 0.6 is 15.2 Å². The number of fused-ring (bicyclic) bond motifs is 1. The van der Waals surface area contributed by atoms with E-state index in [-0.39, 0.29) is 43.2 Å². The predicted molar refractivity (Wildman–Crippen MR) is 164 cm³/mol. The molecule has 0 saturated heterocycles. The minimum Gasteiger partial charge on any atom is -0.497 e. The smallest absolute Gasteiger partial charge is 0.421 e. The number of halogens is 1. The minimum atomic E-state index is -4.37. The predicted octanol–water partition coefficient (Wildman–Crippen LogP) is 7.65. The zero-order valence-corrected chi connectivity index (χ0v) is 28.2. The normalized spacial score (nSPS) is 17.2. The number of methoxy groups -OCH3 is 1. The van der Waals surface area contributed by atoms with Crippen LogP contribution in [0.5, 0.6) is 5.75 Å². The van der Waals surface area contributed by atoms with Crippen molar-refractivity contribution in [1.29, 1.82) is 0 Å². The van der Waals surface area contributed by atoms with Gasteiger partial charge in [-0.2, -0.15) is 0 Å². The Hall–Kier alpha value is -2.59. The van der Waals surface area contributed by atoms with Gasteiger partial charge in [-0.3, -0.25) is 13.9 Å². The standard InChI is InChI=1S/C30H42FNO10P2/c1-9-38-43(35,39-10-2)26(44(36,40-11-3)41-12-4)20-30(21-13-15-22(31)16-14-21)24-19-23(37-8)17-18-25(24)32(27(30)33)28(34)42-29(5,6)7/h13-19,26H,9-12,20H2,1-8H3/t30-/m1/s1. The van der Waals surface area contributed by atoms with E-state index in [1.807, 2.05) is 0 Å². The Balaban J connectivity index is 2.47. The summed E-state index contributed by atoms with van der Waals surface area (Å²) in [6.45, 7) is 11.0. The van der Waals surface area contributed by atoms with Crippen LogP contribution in [0.3, 0.4) is 0 Å². The van der Waals surface area contributed by atoms with E-state index >= 15 is 0 Å². The molecule has 44 heavy (non-hydrogen) atoms. The molecule has 244 valence electrons. The van der Waals surface area contributed by atoms with Crippen LogP contribution in [0.25, 0.3) is 0 Å². The largest absolute Gasteiger partial charge is 0.497 e. The average Bonchev–Trinajstić information content (AvgIpc) is 3.19. The van der Waals surface area contributed by atoms with E-state index in [0.717, 1.165) is 17.0 Å². The van der Waals surface area contributed by atoms with Gasteiger partial charge in [0.2, 0.25) is 0 Å². The molecule has 0 aromatic heterocycles. The van der Waals surface area contributed by atoms with Gasteiger partial charge in [0.05, 0.1) is 39.2 Å². The molecule has 0 N–H and O–H groups in total. The first-order chi connectivity index (χ1) is 20.7. The van der Waals surface area contributed by atoms with E-state index in [1.54, 1.807) is 60.6 Å². The highest BCUT2D eigenvalue weighted by Gasteiger charge is 2.62. The van der Waals surface area contributed by atoms with Crippen LogP contribution in [0.1, 0.15) is 66.0 Å². The Morgan fingerprint density at radius 2 is 1.39 bits per heavy atom. The summed E-state index contributed by atoms with van der Waals surface area (Å²) in [5, 5.41) is -1.65. The second-order valence-corrected chi connectivity index (χ2v) is 15.7. The minimum absolute atomic E-state index is 0.0854. The number of anilines is 1. The summed E-state index contributed by atoms with van der Waals surface area (Å²) in [6.07, 6.45) is -1.50. The maximum Gasteiger partial charge on any atom is 0.421 e. The van der Waals surface area contributed by atoms with Gasteiger partial charge >= 0.3 is 21.3 Å². The molecule has 0 fully saturated rings. The summed E-state index contributed by atoms with van der Waals surface area (Å²) >= 11 is 0. The van der Waals surface area contributed by atoms with E-state index in [9.17, 15) is 23.1 Å². The van der Waals surface area contributed by atoms with Crippen molar-refractivity contribution in [3.05, 3.63) is 59.4 Å². The number of carbonyl (C=O) groups excluding carboxylic acids is 2. The van der Waals surface area contributed by atoms with Crippen LogP contribution in [0.2, 0.25) is 0 Å². The first-order valence-corrected chi connectivity index (χ1v) is 17.7. The molecule has 0 bridgehead atoms. The maximum atomic E-state index is 14.9. The van der Waals surface area contributed by atoms with Crippen LogP contribution in [0.4, 0.5) is 14.9 Å². The fraction of sp³-hybridized carbons (Fsp3) is 0.533. The summed E-state index contributed by atoms with van der Waals surface area (Å²) in [5.74, 6) is -1.06. The van der Waals surface area contributed by atoms with Gasteiger partial charge < -0.3 is 27.6 Å². The van der Waals surface area contributed by atoms with E-state index in [1.165, 1.54) is 25.3 Å². The lowest BCUT2D eigenvalue weighted by Gasteiger charge is -2.37. The Labute approximate surface area is 258 Å². The van der Waals surface area contributed by atoms with E-state index in [0.29, 0.717) is 5.75 Å². The van der Waals surface area contributed by atoms with Gasteiger partial charge in [0, 0.05) is 5.56 Å².